The number of rotatable bonds is 4. The van der Waals surface area contributed by atoms with Gasteiger partial charge in [-0.15, -0.1) is 0 Å². The van der Waals surface area contributed by atoms with Crippen LogP contribution in [-0.4, -0.2) is 11.0 Å². The minimum Gasteiger partial charge on any atom is -0.361 e. The molecular weight excluding hydrogens is 341 g/mol. The molecule has 0 unspecified atom stereocenters. The largest absolute Gasteiger partial charge is 0.361 e. The van der Waals surface area contributed by atoms with Crippen LogP contribution in [0.3, 0.4) is 0 Å². The third-order valence-electron chi connectivity index (χ3n) is 3.43. The molecule has 1 aliphatic heterocycles. The first-order chi connectivity index (χ1) is 10.1. The van der Waals surface area contributed by atoms with E-state index in [0.29, 0.717) is 5.56 Å². The Balaban J connectivity index is 1.71. The zero-order valence-electron chi connectivity index (χ0n) is 10.8. The third kappa shape index (κ3) is 2.96. The molecule has 0 N–H and O–H groups in total. The minimum atomic E-state index is -1.29. The molecule has 0 aliphatic carbocycles. The highest BCUT2D eigenvalue weighted by molar-refractivity contribution is 9.10. The number of alkyl halides is 1. The first kappa shape index (κ1) is 14.2. The van der Waals surface area contributed by atoms with Crippen LogP contribution in [0.2, 0.25) is 0 Å². The summed E-state index contributed by atoms with van der Waals surface area (Å²) in [4.78, 5) is 10.1. The molecule has 0 spiro atoms. The number of epoxide rings is 1. The Morgan fingerprint density at radius 2 is 1.76 bits per heavy atom. The number of halogens is 2. The van der Waals surface area contributed by atoms with Gasteiger partial charge in [0, 0.05) is 16.6 Å². The molecule has 1 fully saturated rings. The summed E-state index contributed by atoms with van der Waals surface area (Å²) < 4.78 is 20.7. The van der Waals surface area contributed by atoms with Gasteiger partial charge in [0.25, 0.3) is 5.69 Å². The van der Waals surface area contributed by atoms with Crippen molar-refractivity contribution in [2.24, 2.45) is 0 Å². The Morgan fingerprint density at radius 1 is 1.14 bits per heavy atom. The van der Waals surface area contributed by atoms with Crippen molar-refractivity contribution in [2.45, 2.75) is 18.4 Å². The number of nitrogens with zero attached hydrogens (tertiary/aromatic N) is 1. The topological polar surface area (TPSA) is 55.7 Å². The zero-order valence-corrected chi connectivity index (χ0v) is 12.4. The van der Waals surface area contributed by atoms with Gasteiger partial charge in [0.05, 0.1) is 4.92 Å². The quantitative estimate of drug-likeness (QED) is 0.462. The van der Waals surface area contributed by atoms with Gasteiger partial charge in [0.2, 0.25) is 0 Å². The summed E-state index contributed by atoms with van der Waals surface area (Å²) in [6, 6.07) is 13.0. The molecule has 1 aliphatic rings. The maximum absolute atomic E-state index is 14.4. The lowest BCUT2D eigenvalue weighted by Gasteiger charge is -2.05. The van der Waals surface area contributed by atoms with Crippen molar-refractivity contribution in [3.8, 4) is 0 Å². The highest BCUT2D eigenvalue weighted by Gasteiger charge is 2.47. The Morgan fingerprint density at radius 3 is 2.33 bits per heavy atom. The van der Waals surface area contributed by atoms with E-state index in [9.17, 15) is 14.5 Å². The number of nitro groups is 1. The Hall–Kier alpha value is -1.79. The maximum Gasteiger partial charge on any atom is 0.269 e. The van der Waals surface area contributed by atoms with E-state index in [2.05, 4.69) is 15.9 Å². The van der Waals surface area contributed by atoms with Gasteiger partial charge < -0.3 is 4.74 Å². The normalized spacial score (nSPS) is 21.8. The lowest BCUT2D eigenvalue weighted by atomic mass is 10.0. The van der Waals surface area contributed by atoms with Gasteiger partial charge in [0.1, 0.15) is 12.2 Å². The van der Waals surface area contributed by atoms with Crippen LogP contribution in [0.1, 0.15) is 23.4 Å². The van der Waals surface area contributed by atoms with Crippen LogP contribution in [0.5, 0.6) is 0 Å². The Bertz CT molecular complexity index is 660. The number of benzene rings is 2. The second-order valence-electron chi connectivity index (χ2n) is 4.82. The molecule has 4 nitrogen and oxygen atoms in total. The van der Waals surface area contributed by atoms with Gasteiger partial charge in [-0.25, -0.2) is 4.39 Å². The standard InChI is InChI=1S/C15H11BrFNO3/c16-11-5-1-10(2-6-11)14-15(21-14)13(17)9-3-7-12(8-4-9)18(19)20/h1-8,13-15H/t13-,14+,15+/m0/s1. The minimum absolute atomic E-state index is 0.0490. The summed E-state index contributed by atoms with van der Waals surface area (Å²) in [6.45, 7) is 0. The van der Waals surface area contributed by atoms with Crippen LogP contribution >= 0.6 is 15.9 Å². The van der Waals surface area contributed by atoms with Gasteiger partial charge in [-0.2, -0.15) is 0 Å². The molecule has 6 heteroatoms. The van der Waals surface area contributed by atoms with Crippen LogP contribution in [0, 0.1) is 10.1 Å². The molecule has 0 amide bonds. The van der Waals surface area contributed by atoms with E-state index in [1.807, 2.05) is 24.3 Å². The fourth-order valence-electron chi connectivity index (χ4n) is 2.24. The van der Waals surface area contributed by atoms with E-state index in [1.165, 1.54) is 24.3 Å². The summed E-state index contributed by atoms with van der Waals surface area (Å²) in [5, 5.41) is 10.6. The highest BCUT2D eigenvalue weighted by Crippen LogP contribution is 2.47. The second kappa shape index (κ2) is 5.54. The Kier molecular flexibility index (Phi) is 3.73. The average molecular weight is 352 g/mol. The van der Waals surface area contributed by atoms with Crippen LogP contribution in [0.15, 0.2) is 53.0 Å². The predicted molar refractivity (Wildman–Crippen MR) is 78.7 cm³/mol. The van der Waals surface area contributed by atoms with Gasteiger partial charge in [-0.05, 0) is 35.4 Å². The molecule has 108 valence electrons. The molecule has 3 rings (SSSR count). The van der Waals surface area contributed by atoms with Crippen LogP contribution in [-0.2, 0) is 4.74 Å². The van der Waals surface area contributed by atoms with Crippen LogP contribution in [0.4, 0.5) is 10.1 Å². The van der Waals surface area contributed by atoms with E-state index >= 15 is 0 Å². The second-order valence-corrected chi connectivity index (χ2v) is 5.74. The summed E-state index contributed by atoms with van der Waals surface area (Å²) >= 11 is 3.34. The molecular formula is C15H11BrFNO3. The molecule has 2 aromatic rings. The van der Waals surface area contributed by atoms with Crippen LogP contribution < -0.4 is 0 Å². The number of ether oxygens (including phenoxy) is 1. The van der Waals surface area contributed by atoms with Crippen molar-refractivity contribution in [2.75, 3.05) is 0 Å². The van der Waals surface area contributed by atoms with Crippen molar-refractivity contribution in [3.05, 3.63) is 74.2 Å². The number of non-ortho nitro benzene ring substituents is 1. The summed E-state index contributed by atoms with van der Waals surface area (Å²) in [5.41, 5.74) is 1.27. The van der Waals surface area contributed by atoms with Crippen molar-refractivity contribution in [1.29, 1.82) is 0 Å². The summed E-state index contributed by atoms with van der Waals surface area (Å²) in [7, 11) is 0. The van der Waals surface area contributed by atoms with E-state index in [0.717, 1.165) is 10.0 Å². The fourth-order valence-corrected chi connectivity index (χ4v) is 2.50. The first-order valence-electron chi connectivity index (χ1n) is 6.35. The third-order valence-corrected chi connectivity index (χ3v) is 3.96. The lowest BCUT2D eigenvalue weighted by Crippen LogP contribution is -2.01. The lowest BCUT2D eigenvalue weighted by molar-refractivity contribution is -0.384. The predicted octanol–water partition coefficient (Wildman–Crippen LogP) is 4.51. The van der Waals surface area contributed by atoms with Crippen molar-refractivity contribution < 1.29 is 14.1 Å². The number of hydrogen-bond acceptors (Lipinski definition) is 3. The van der Waals surface area contributed by atoms with Crippen molar-refractivity contribution in [1.82, 2.24) is 0 Å². The maximum atomic E-state index is 14.4. The molecule has 3 atom stereocenters. The first-order valence-corrected chi connectivity index (χ1v) is 7.15. The number of nitro benzene ring substituents is 1. The molecule has 2 aromatic carbocycles. The molecule has 0 aromatic heterocycles. The van der Waals surface area contributed by atoms with E-state index in [-0.39, 0.29) is 11.8 Å². The van der Waals surface area contributed by atoms with Gasteiger partial charge in [0.15, 0.2) is 6.17 Å². The molecule has 21 heavy (non-hydrogen) atoms. The summed E-state index contributed by atoms with van der Waals surface area (Å²) in [6.07, 6.45) is -2.09. The van der Waals surface area contributed by atoms with E-state index in [1.54, 1.807) is 0 Å². The van der Waals surface area contributed by atoms with Crippen LogP contribution in [0.25, 0.3) is 0 Å². The monoisotopic (exact) mass is 351 g/mol. The fraction of sp³-hybridized carbons (Fsp3) is 0.200. The zero-order chi connectivity index (χ0) is 15.0. The molecule has 0 saturated carbocycles. The van der Waals surface area contributed by atoms with Gasteiger partial charge in [-0.3, -0.25) is 10.1 Å². The SMILES string of the molecule is O=[N+]([O-])c1ccc([C@H](F)[C@H]2O[C@@H]2c2ccc(Br)cc2)cc1. The average Bonchev–Trinajstić information content (AvgIpc) is 3.28. The molecule has 1 heterocycles. The smallest absolute Gasteiger partial charge is 0.269 e. The van der Waals surface area contributed by atoms with Gasteiger partial charge in [-0.1, -0.05) is 28.1 Å². The number of hydrogen-bond donors (Lipinski definition) is 0. The molecule has 0 bridgehead atoms. The molecule has 0 radical (unpaired) electrons. The van der Waals surface area contributed by atoms with Crippen molar-refractivity contribution in [3.63, 3.8) is 0 Å². The summed E-state index contributed by atoms with van der Waals surface area (Å²) in [5.74, 6) is 0. The van der Waals surface area contributed by atoms with E-state index < -0.39 is 17.2 Å². The van der Waals surface area contributed by atoms with Crippen molar-refractivity contribution >= 4 is 21.6 Å². The van der Waals surface area contributed by atoms with E-state index in [4.69, 9.17) is 4.74 Å². The Labute approximate surface area is 128 Å². The highest BCUT2D eigenvalue weighted by atomic mass is 79.9. The molecule has 1 saturated heterocycles. The van der Waals surface area contributed by atoms with Gasteiger partial charge >= 0.3 is 0 Å².